The molecule has 3 heteroatoms. The highest BCUT2D eigenvalue weighted by Crippen LogP contribution is 2.30. The van der Waals surface area contributed by atoms with Gasteiger partial charge in [0.25, 0.3) is 0 Å². The van der Waals surface area contributed by atoms with Crippen LogP contribution in [0.25, 0.3) is 0 Å². The van der Waals surface area contributed by atoms with Crippen LogP contribution in [0, 0.1) is 0 Å². The molecule has 0 saturated heterocycles. The molecule has 0 aliphatic rings. The molecule has 0 atom stereocenters. The fourth-order valence-corrected chi connectivity index (χ4v) is 3.22. The van der Waals surface area contributed by atoms with Gasteiger partial charge in [0.15, 0.2) is 11.5 Å². The molecule has 3 nitrogen and oxygen atoms in total. The molecule has 0 aromatic heterocycles. The van der Waals surface area contributed by atoms with Gasteiger partial charge in [-0.15, -0.1) is 0 Å². The summed E-state index contributed by atoms with van der Waals surface area (Å²) in [6.07, 6.45) is 18.9. The zero-order chi connectivity index (χ0) is 18.9. The van der Waals surface area contributed by atoms with Crippen LogP contribution in [0.5, 0.6) is 17.2 Å². The summed E-state index contributed by atoms with van der Waals surface area (Å²) in [5, 5.41) is 9.83. The second kappa shape index (κ2) is 15.8. The van der Waals surface area contributed by atoms with Gasteiger partial charge in [0.1, 0.15) is 5.75 Å². The van der Waals surface area contributed by atoms with Crippen molar-refractivity contribution in [1.29, 1.82) is 0 Å². The fourth-order valence-electron chi connectivity index (χ4n) is 3.22. The van der Waals surface area contributed by atoms with E-state index in [2.05, 4.69) is 6.92 Å². The average molecular weight is 365 g/mol. The van der Waals surface area contributed by atoms with Crippen molar-refractivity contribution >= 4 is 0 Å². The third-order valence-corrected chi connectivity index (χ3v) is 4.92. The number of ether oxygens (including phenoxy) is 2. The second-order valence-corrected chi connectivity index (χ2v) is 7.28. The number of hydrogen-bond donors (Lipinski definition) is 1. The van der Waals surface area contributed by atoms with Gasteiger partial charge in [0.2, 0.25) is 0 Å². The minimum atomic E-state index is 0.148. The Kier molecular flexibility index (Phi) is 13.8. The summed E-state index contributed by atoms with van der Waals surface area (Å²) < 4.78 is 10.7. The van der Waals surface area contributed by atoms with Gasteiger partial charge in [-0.25, -0.2) is 0 Å². The van der Waals surface area contributed by atoms with Gasteiger partial charge in [-0.3, -0.25) is 0 Å². The van der Waals surface area contributed by atoms with Crippen LogP contribution in [-0.2, 0) is 0 Å². The molecule has 0 saturated carbocycles. The Morgan fingerprint density at radius 1 is 0.731 bits per heavy atom. The van der Waals surface area contributed by atoms with Crippen LogP contribution in [0.15, 0.2) is 18.2 Å². The van der Waals surface area contributed by atoms with Crippen molar-refractivity contribution in [2.24, 2.45) is 0 Å². The average Bonchev–Trinajstić information content (AvgIpc) is 2.65. The van der Waals surface area contributed by atoms with Gasteiger partial charge in [-0.2, -0.15) is 0 Å². The summed E-state index contributed by atoms with van der Waals surface area (Å²) >= 11 is 0. The molecule has 1 N–H and O–H groups in total. The van der Waals surface area contributed by atoms with Gasteiger partial charge >= 0.3 is 0 Å². The minimum Gasteiger partial charge on any atom is -0.504 e. The van der Waals surface area contributed by atoms with E-state index in [1.54, 1.807) is 25.3 Å². The molecule has 1 rings (SSSR count). The zero-order valence-corrected chi connectivity index (χ0v) is 17.1. The Hall–Kier alpha value is -1.38. The highest BCUT2D eigenvalue weighted by molar-refractivity contribution is 5.44. The molecule has 0 heterocycles. The topological polar surface area (TPSA) is 38.7 Å². The van der Waals surface area contributed by atoms with Crippen LogP contribution >= 0.6 is 0 Å². The lowest BCUT2D eigenvalue weighted by Gasteiger charge is -2.09. The molecule has 0 bridgehead atoms. The summed E-state index contributed by atoms with van der Waals surface area (Å²) in [7, 11) is 1.59. The van der Waals surface area contributed by atoms with E-state index in [1.807, 2.05) is 0 Å². The number of rotatable bonds is 17. The summed E-state index contributed by atoms with van der Waals surface area (Å²) in [6, 6.07) is 5.15. The van der Waals surface area contributed by atoms with E-state index in [0.29, 0.717) is 18.1 Å². The molecular weight excluding hydrogens is 324 g/mol. The van der Waals surface area contributed by atoms with Crippen molar-refractivity contribution < 1.29 is 14.6 Å². The summed E-state index contributed by atoms with van der Waals surface area (Å²) in [6.45, 7) is 2.94. The number of methoxy groups -OCH3 is 1. The third kappa shape index (κ3) is 11.3. The van der Waals surface area contributed by atoms with Crippen LogP contribution in [0.3, 0.4) is 0 Å². The highest BCUT2D eigenvalue weighted by atomic mass is 16.5. The SMILES string of the molecule is CCCCCCCCCCCCCCCCOc1ccc(OC)cc1O. The van der Waals surface area contributed by atoms with E-state index in [-0.39, 0.29) is 5.75 Å². The molecule has 0 fully saturated rings. The Morgan fingerprint density at radius 3 is 1.69 bits per heavy atom. The van der Waals surface area contributed by atoms with E-state index in [1.165, 1.54) is 83.5 Å². The quantitative estimate of drug-likeness (QED) is 0.296. The monoisotopic (exact) mass is 364 g/mol. The van der Waals surface area contributed by atoms with E-state index in [4.69, 9.17) is 9.47 Å². The van der Waals surface area contributed by atoms with Crippen molar-refractivity contribution in [3.05, 3.63) is 18.2 Å². The molecule has 1 aromatic carbocycles. The third-order valence-electron chi connectivity index (χ3n) is 4.92. The first-order chi connectivity index (χ1) is 12.8. The fraction of sp³-hybridized carbons (Fsp3) is 0.739. The Morgan fingerprint density at radius 2 is 1.23 bits per heavy atom. The van der Waals surface area contributed by atoms with E-state index >= 15 is 0 Å². The summed E-state index contributed by atoms with van der Waals surface area (Å²) in [4.78, 5) is 0. The van der Waals surface area contributed by atoms with Gasteiger partial charge in [-0.05, 0) is 18.6 Å². The standard InChI is InChI=1S/C23H40O3/c1-3-4-5-6-7-8-9-10-11-12-13-14-15-16-19-26-23-18-17-21(25-2)20-22(23)24/h17-18,20,24H,3-16,19H2,1-2H3. The summed E-state index contributed by atoms with van der Waals surface area (Å²) in [5.41, 5.74) is 0. The van der Waals surface area contributed by atoms with Crippen LogP contribution in [0.4, 0.5) is 0 Å². The molecular formula is C23H40O3. The van der Waals surface area contributed by atoms with Gasteiger partial charge in [-0.1, -0.05) is 90.4 Å². The molecule has 0 aliphatic heterocycles. The Balaban J connectivity index is 1.85. The predicted molar refractivity (Wildman–Crippen MR) is 110 cm³/mol. The Labute approximate surface area is 161 Å². The zero-order valence-electron chi connectivity index (χ0n) is 17.1. The van der Waals surface area contributed by atoms with Crippen LogP contribution in [-0.4, -0.2) is 18.8 Å². The number of phenolic OH excluding ortho intramolecular Hbond substituents is 1. The van der Waals surface area contributed by atoms with E-state index in [0.717, 1.165) is 6.42 Å². The molecule has 150 valence electrons. The van der Waals surface area contributed by atoms with E-state index < -0.39 is 0 Å². The number of hydrogen-bond acceptors (Lipinski definition) is 3. The molecule has 0 radical (unpaired) electrons. The Bertz CT molecular complexity index is 445. The lowest BCUT2D eigenvalue weighted by atomic mass is 10.0. The van der Waals surface area contributed by atoms with Gasteiger partial charge in [0.05, 0.1) is 13.7 Å². The van der Waals surface area contributed by atoms with Crippen molar-refractivity contribution in [3.8, 4) is 17.2 Å². The lowest BCUT2D eigenvalue weighted by Crippen LogP contribution is -1.97. The molecule has 0 spiro atoms. The first kappa shape index (κ1) is 22.7. The molecule has 0 aliphatic carbocycles. The maximum Gasteiger partial charge on any atom is 0.161 e. The maximum absolute atomic E-state index is 9.83. The van der Waals surface area contributed by atoms with Crippen molar-refractivity contribution in [2.75, 3.05) is 13.7 Å². The van der Waals surface area contributed by atoms with Gasteiger partial charge < -0.3 is 14.6 Å². The number of benzene rings is 1. The van der Waals surface area contributed by atoms with E-state index in [9.17, 15) is 5.11 Å². The largest absolute Gasteiger partial charge is 0.504 e. The first-order valence-electron chi connectivity index (χ1n) is 10.8. The van der Waals surface area contributed by atoms with Crippen LogP contribution in [0.2, 0.25) is 0 Å². The predicted octanol–water partition coefficient (Wildman–Crippen LogP) is 7.26. The van der Waals surface area contributed by atoms with Gasteiger partial charge in [0, 0.05) is 6.07 Å². The number of phenols is 1. The molecule has 1 aromatic rings. The molecule has 0 amide bonds. The van der Waals surface area contributed by atoms with Crippen molar-refractivity contribution in [1.82, 2.24) is 0 Å². The van der Waals surface area contributed by atoms with Crippen LogP contribution < -0.4 is 9.47 Å². The number of aromatic hydroxyl groups is 1. The van der Waals surface area contributed by atoms with Crippen molar-refractivity contribution in [2.45, 2.75) is 96.8 Å². The minimum absolute atomic E-state index is 0.148. The summed E-state index contributed by atoms with van der Waals surface area (Å²) in [5.74, 6) is 1.33. The number of unbranched alkanes of at least 4 members (excludes halogenated alkanes) is 13. The highest BCUT2D eigenvalue weighted by Gasteiger charge is 2.03. The van der Waals surface area contributed by atoms with Crippen molar-refractivity contribution in [3.63, 3.8) is 0 Å². The maximum atomic E-state index is 9.83. The molecule has 26 heavy (non-hydrogen) atoms. The second-order valence-electron chi connectivity index (χ2n) is 7.28. The normalized spacial score (nSPS) is 10.8. The smallest absolute Gasteiger partial charge is 0.161 e. The lowest BCUT2D eigenvalue weighted by molar-refractivity contribution is 0.287. The van der Waals surface area contributed by atoms with Crippen LogP contribution in [0.1, 0.15) is 96.8 Å². The first-order valence-corrected chi connectivity index (χ1v) is 10.8. The molecule has 0 unspecified atom stereocenters.